The lowest BCUT2D eigenvalue weighted by Gasteiger charge is -2.33. The molecule has 0 radical (unpaired) electrons. The molecule has 29 heavy (non-hydrogen) atoms. The van der Waals surface area contributed by atoms with Crippen molar-refractivity contribution in [1.82, 2.24) is 10.2 Å². The largest absolute Gasteiger partial charge is 0.507 e. The quantitative estimate of drug-likeness (QED) is 0.671. The maximum atomic E-state index is 13.9. The monoisotopic (exact) mass is 403 g/mol. The van der Waals surface area contributed by atoms with Crippen LogP contribution in [0, 0.1) is 11.6 Å². The number of likely N-dealkylation sites (tertiary alicyclic amines) is 1. The van der Waals surface area contributed by atoms with E-state index in [4.69, 9.17) is 0 Å². The van der Waals surface area contributed by atoms with Gasteiger partial charge in [0.25, 0.3) is 5.91 Å². The van der Waals surface area contributed by atoms with Gasteiger partial charge < -0.3 is 15.7 Å². The number of halogens is 2. The van der Waals surface area contributed by atoms with Gasteiger partial charge in [-0.2, -0.15) is 0 Å². The molecule has 0 bridgehead atoms. The Labute approximate surface area is 167 Å². The zero-order valence-corrected chi connectivity index (χ0v) is 16.0. The van der Waals surface area contributed by atoms with E-state index in [9.17, 15) is 23.5 Å². The number of hydrogen-bond acceptors (Lipinski definition) is 4. The van der Waals surface area contributed by atoms with Crippen molar-refractivity contribution in [2.24, 2.45) is 0 Å². The van der Waals surface area contributed by atoms with E-state index >= 15 is 0 Å². The summed E-state index contributed by atoms with van der Waals surface area (Å²) in [6.45, 7) is 2.57. The molecule has 1 saturated heterocycles. The van der Waals surface area contributed by atoms with Crippen molar-refractivity contribution in [3.63, 3.8) is 0 Å². The van der Waals surface area contributed by atoms with Gasteiger partial charge in [0.2, 0.25) is 5.91 Å². The van der Waals surface area contributed by atoms with Gasteiger partial charge in [-0.3, -0.25) is 14.5 Å². The van der Waals surface area contributed by atoms with E-state index in [1.54, 1.807) is 0 Å². The highest BCUT2D eigenvalue weighted by Crippen LogP contribution is 2.23. The summed E-state index contributed by atoms with van der Waals surface area (Å²) in [6, 6.07) is 7.80. The number of carbonyl (C=O) groups is 2. The summed E-state index contributed by atoms with van der Waals surface area (Å²) < 4.78 is 27.8. The van der Waals surface area contributed by atoms with E-state index < -0.39 is 17.5 Å². The number of anilines is 1. The van der Waals surface area contributed by atoms with Gasteiger partial charge >= 0.3 is 0 Å². The van der Waals surface area contributed by atoms with Gasteiger partial charge in [0.15, 0.2) is 0 Å². The Bertz CT molecular complexity index is 900. The van der Waals surface area contributed by atoms with Crippen LogP contribution in [0.2, 0.25) is 0 Å². The van der Waals surface area contributed by atoms with Crippen LogP contribution in [0.5, 0.6) is 5.75 Å². The summed E-state index contributed by atoms with van der Waals surface area (Å²) in [6.07, 6.45) is 1.48. The van der Waals surface area contributed by atoms with Crippen LogP contribution < -0.4 is 10.6 Å². The second-order valence-electron chi connectivity index (χ2n) is 7.16. The zero-order valence-electron chi connectivity index (χ0n) is 16.0. The average Bonchev–Trinajstić information content (AvgIpc) is 2.66. The fourth-order valence-corrected chi connectivity index (χ4v) is 3.49. The normalized spacial score (nSPS) is 17.0. The molecular weight excluding hydrogens is 380 g/mol. The second kappa shape index (κ2) is 9.00. The molecule has 6 nitrogen and oxygen atoms in total. The predicted molar refractivity (Wildman–Crippen MR) is 105 cm³/mol. The van der Waals surface area contributed by atoms with E-state index in [1.165, 1.54) is 43.3 Å². The number of amides is 2. The van der Waals surface area contributed by atoms with Crippen molar-refractivity contribution < 1.29 is 23.5 Å². The van der Waals surface area contributed by atoms with Gasteiger partial charge in [-0.1, -0.05) is 6.07 Å². The van der Waals surface area contributed by atoms with Gasteiger partial charge in [-0.15, -0.1) is 0 Å². The topological polar surface area (TPSA) is 81.7 Å². The van der Waals surface area contributed by atoms with Gasteiger partial charge in [0.05, 0.1) is 5.56 Å². The van der Waals surface area contributed by atoms with Gasteiger partial charge in [0.1, 0.15) is 17.4 Å². The maximum Gasteiger partial charge on any atom is 0.255 e. The van der Waals surface area contributed by atoms with Crippen LogP contribution in [0.25, 0.3) is 0 Å². The van der Waals surface area contributed by atoms with Crippen molar-refractivity contribution >= 4 is 17.5 Å². The average molecular weight is 403 g/mol. The molecule has 0 aliphatic carbocycles. The van der Waals surface area contributed by atoms with E-state index in [-0.39, 0.29) is 35.4 Å². The molecule has 1 aliphatic heterocycles. The number of nitrogens with one attached hydrogen (secondary N) is 2. The van der Waals surface area contributed by atoms with Crippen LogP contribution in [0.15, 0.2) is 36.4 Å². The van der Waals surface area contributed by atoms with E-state index in [0.29, 0.717) is 25.2 Å². The smallest absolute Gasteiger partial charge is 0.255 e. The summed E-state index contributed by atoms with van der Waals surface area (Å²) in [5.41, 5.74) is 0.467. The number of hydrogen-bond donors (Lipinski definition) is 3. The van der Waals surface area contributed by atoms with Crippen molar-refractivity contribution in [1.29, 1.82) is 0 Å². The van der Waals surface area contributed by atoms with Crippen molar-refractivity contribution in [2.75, 3.05) is 18.4 Å². The lowest BCUT2D eigenvalue weighted by atomic mass is 10.0. The Morgan fingerprint density at radius 3 is 2.62 bits per heavy atom. The van der Waals surface area contributed by atoms with Crippen LogP contribution in [0.4, 0.5) is 14.5 Å². The highest BCUT2D eigenvalue weighted by molar-refractivity contribution is 5.99. The molecule has 2 aromatic carbocycles. The molecule has 1 atom stereocenters. The van der Waals surface area contributed by atoms with Gasteiger partial charge in [-0.05, 0) is 49.7 Å². The molecule has 1 aliphatic rings. The number of carbonyl (C=O) groups excluding carboxylic acids is 2. The summed E-state index contributed by atoms with van der Waals surface area (Å²) >= 11 is 0. The molecule has 8 heteroatoms. The minimum atomic E-state index is -0.587. The first-order valence-electron chi connectivity index (χ1n) is 9.40. The third-order valence-electron chi connectivity index (χ3n) is 4.85. The van der Waals surface area contributed by atoms with Crippen molar-refractivity contribution in [3.05, 3.63) is 59.2 Å². The Morgan fingerprint density at radius 1 is 1.21 bits per heavy atom. The third kappa shape index (κ3) is 5.29. The highest BCUT2D eigenvalue weighted by atomic mass is 19.1. The fourth-order valence-electron chi connectivity index (χ4n) is 3.49. The molecule has 3 rings (SSSR count). The zero-order chi connectivity index (χ0) is 21.0. The fraction of sp³-hybridized carbons (Fsp3) is 0.333. The maximum absolute atomic E-state index is 13.9. The molecule has 0 aromatic heterocycles. The predicted octanol–water partition coefficient (Wildman–Crippen LogP) is 3.02. The first-order chi connectivity index (χ1) is 13.8. The van der Waals surface area contributed by atoms with E-state index in [2.05, 4.69) is 10.6 Å². The molecule has 1 unspecified atom stereocenters. The van der Waals surface area contributed by atoms with Crippen molar-refractivity contribution in [3.8, 4) is 5.75 Å². The molecule has 3 N–H and O–H groups in total. The van der Waals surface area contributed by atoms with Crippen molar-refractivity contribution in [2.45, 2.75) is 32.4 Å². The second-order valence-corrected chi connectivity index (χ2v) is 7.16. The Hall–Kier alpha value is -3.00. The third-order valence-corrected chi connectivity index (χ3v) is 4.85. The standard InChI is InChI=1S/C21H23F2N3O3/c1-13(27)24-14-7-8-20(28)16(10-14)21(29)25-15-4-3-9-26(11-15)12-17-18(22)5-2-6-19(17)23/h2,5-8,10,15,28H,3-4,9,11-12H2,1H3,(H,24,27)(H,25,29). The molecule has 1 heterocycles. The Balaban J connectivity index is 1.66. The van der Waals surface area contributed by atoms with E-state index in [1.807, 2.05) is 4.90 Å². The van der Waals surface area contributed by atoms with Gasteiger partial charge in [-0.25, -0.2) is 8.78 Å². The lowest BCUT2D eigenvalue weighted by Crippen LogP contribution is -2.47. The molecule has 2 amide bonds. The highest BCUT2D eigenvalue weighted by Gasteiger charge is 2.24. The SMILES string of the molecule is CC(=O)Nc1ccc(O)c(C(=O)NC2CCCN(Cc3c(F)cccc3F)C2)c1. The molecule has 2 aromatic rings. The molecule has 154 valence electrons. The molecule has 1 fully saturated rings. The Morgan fingerprint density at radius 2 is 1.93 bits per heavy atom. The Kier molecular flexibility index (Phi) is 6.43. The number of benzene rings is 2. The molecule has 0 saturated carbocycles. The minimum Gasteiger partial charge on any atom is -0.507 e. The number of phenolic OH excluding ortho intramolecular Hbond substituents is 1. The van der Waals surface area contributed by atoms with E-state index in [0.717, 1.165) is 6.42 Å². The summed E-state index contributed by atoms with van der Waals surface area (Å²) in [5.74, 6) is -2.13. The molecular formula is C21H23F2N3O3. The minimum absolute atomic E-state index is 0.0140. The van der Waals surface area contributed by atoms with Crippen LogP contribution in [0.3, 0.4) is 0 Å². The lowest BCUT2D eigenvalue weighted by molar-refractivity contribution is -0.114. The number of nitrogens with zero attached hydrogens (tertiary/aromatic N) is 1. The van der Waals surface area contributed by atoms with Crippen LogP contribution >= 0.6 is 0 Å². The first kappa shape index (κ1) is 20.7. The molecule has 0 spiro atoms. The van der Waals surface area contributed by atoms with Crippen LogP contribution in [-0.4, -0.2) is 41.0 Å². The number of piperidine rings is 1. The van der Waals surface area contributed by atoms with Gasteiger partial charge in [0, 0.05) is 37.3 Å². The summed E-state index contributed by atoms with van der Waals surface area (Å²) in [4.78, 5) is 25.7. The number of phenols is 1. The number of aromatic hydroxyl groups is 1. The summed E-state index contributed by atoms with van der Waals surface area (Å²) in [7, 11) is 0. The van der Waals surface area contributed by atoms with Crippen LogP contribution in [-0.2, 0) is 11.3 Å². The number of rotatable bonds is 5. The van der Waals surface area contributed by atoms with Crippen LogP contribution in [0.1, 0.15) is 35.7 Å². The summed E-state index contributed by atoms with van der Waals surface area (Å²) in [5, 5.41) is 15.4. The first-order valence-corrected chi connectivity index (χ1v) is 9.40.